The van der Waals surface area contributed by atoms with Crippen molar-refractivity contribution in [1.29, 1.82) is 0 Å². The van der Waals surface area contributed by atoms with Gasteiger partial charge >= 0.3 is 0 Å². The maximum Gasteiger partial charge on any atom is 0.266 e. The molecular formula is C25H23FN4O3S. The largest absolute Gasteiger partial charge is 0.481 e. The fourth-order valence-electron chi connectivity index (χ4n) is 3.27. The highest BCUT2D eigenvalue weighted by molar-refractivity contribution is 7.18. The lowest BCUT2D eigenvalue weighted by Gasteiger charge is -2.15. The van der Waals surface area contributed by atoms with Crippen molar-refractivity contribution in [3.63, 3.8) is 0 Å². The highest BCUT2D eigenvalue weighted by Gasteiger charge is 2.16. The van der Waals surface area contributed by atoms with E-state index < -0.39 is 6.10 Å². The van der Waals surface area contributed by atoms with Gasteiger partial charge in [0.1, 0.15) is 22.3 Å². The Bertz CT molecular complexity index is 1340. The summed E-state index contributed by atoms with van der Waals surface area (Å²) in [6.45, 7) is 3.91. The van der Waals surface area contributed by atoms with Crippen LogP contribution in [-0.2, 0) is 11.3 Å². The minimum atomic E-state index is -0.780. The number of carbonyl (C=O) groups is 1. The molecule has 1 amide bonds. The Morgan fingerprint density at radius 3 is 2.59 bits per heavy atom. The molecule has 0 spiro atoms. The summed E-state index contributed by atoms with van der Waals surface area (Å²) in [5, 5.41) is 8.11. The van der Waals surface area contributed by atoms with Gasteiger partial charge in [-0.05, 0) is 44.2 Å². The summed E-state index contributed by atoms with van der Waals surface area (Å²) in [7, 11) is 0. The molecule has 1 N–H and O–H groups in total. The maximum absolute atomic E-state index is 13.0. The van der Waals surface area contributed by atoms with Crippen LogP contribution in [0.15, 0.2) is 71.5 Å². The number of ether oxygens (including phenoxy) is 1. The first-order valence-electron chi connectivity index (χ1n) is 10.7. The fraction of sp³-hybridized carbons (Fsp3) is 0.200. The second kappa shape index (κ2) is 10.4. The van der Waals surface area contributed by atoms with Crippen LogP contribution in [0.25, 0.3) is 21.1 Å². The standard InChI is InChI=1S/C25H23FN4O3S/c1-16-23(34-25(28-16)18-6-4-3-5-7-18)21-12-13-22(31)30(29-21)15-14-27-24(32)17(2)33-20-10-8-19(26)9-11-20/h3-13,17H,14-15H2,1-2H3,(H,27,32). The normalized spacial score (nSPS) is 11.7. The Balaban J connectivity index is 1.40. The number of aromatic nitrogens is 3. The van der Waals surface area contributed by atoms with E-state index in [1.165, 1.54) is 46.4 Å². The first-order valence-corrected chi connectivity index (χ1v) is 11.5. The molecule has 4 aromatic rings. The number of hydrogen-bond donors (Lipinski definition) is 1. The Morgan fingerprint density at radius 2 is 1.85 bits per heavy atom. The van der Waals surface area contributed by atoms with Crippen molar-refractivity contribution >= 4 is 17.2 Å². The van der Waals surface area contributed by atoms with Gasteiger partial charge in [0, 0.05) is 18.2 Å². The quantitative estimate of drug-likeness (QED) is 0.413. The number of benzene rings is 2. The van der Waals surface area contributed by atoms with Gasteiger partial charge < -0.3 is 10.1 Å². The molecule has 1 atom stereocenters. The summed E-state index contributed by atoms with van der Waals surface area (Å²) >= 11 is 1.52. The van der Waals surface area contributed by atoms with E-state index in [1.807, 2.05) is 37.3 Å². The number of thiazole rings is 1. The van der Waals surface area contributed by atoms with E-state index in [2.05, 4.69) is 15.4 Å². The molecule has 0 saturated carbocycles. The zero-order chi connectivity index (χ0) is 24.1. The zero-order valence-corrected chi connectivity index (χ0v) is 19.5. The van der Waals surface area contributed by atoms with Crippen molar-refractivity contribution in [2.24, 2.45) is 0 Å². The molecule has 4 rings (SSSR count). The Kier molecular flexibility index (Phi) is 7.12. The van der Waals surface area contributed by atoms with E-state index in [-0.39, 0.29) is 30.4 Å². The Morgan fingerprint density at radius 1 is 1.12 bits per heavy atom. The second-order valence-electron chi connectivity index (χ2n) is 7.58. The number of nitrogens with one attached hydrogen (secondary N) is 1. The summed E-state index contributed by atoms with van der Waals surface area (Å²) in [6, 6.07) is 18.5. The summed E-state index contributed by atoms with van der Waals surface area (Å²) in [5.74, 6) is -0.335. The van der Waals surface area contributed by atoms with Crippen molar-refractivity contribution in [2.75, 3.05) is 6.54 Å². The summed E-state index contributed by atoms with van der Waals surface area (Å²) in [6.07, 6.45) is -0.780. The summed E-state index contributed by atoms with van der Waals surface area (Å²) < 4.78 is 19.8. The number of rotatable bonds is 8. The van der Waals surface area contributed by atoms with Gasteiger partial charge in [-0.1, -0.05) is 30.3 Å². The second-order valence-corrected chi connectivity index (χ2v) is 8.58. The maximum atomic E-state index is 13.0. The topological polar surface area (TPSA) is 86.1 Å². The van der Waals surface area contributed by atoms with Gasteiger partial charge in [-0.15, -0.1) is 11.3 Å². The molecule has 9 heteroatoms. The van der Waals surface area contributed by atoms with Crippen molar-refractivity contribution in [3.8, 4) is 26.9 Å². The monoisotopic (exact) mass is 478 g/mol. The molecule has 0 aliphatic rings. The number of amides is 1. The predicted octanol–water partition coefficient (Wildman–Crippen LogP) is 4.07. The molecule has 174 valence electrons. The van der Waals surface area contributed by atoms with Crippen LogP contribution in [-0.4, -0.2) is 33.3 Å². The predicted molar refractivity (Wildman–Crippen MR) is 129 cm³/mol. The van der Waals surface area contributed by atoms with Gasteiger partial charge in [0.25, 0.3) is 11.5 Å². The summed E-state index contributed by atoms with van der Waals surface area (Å²) in [4.78, 5) is 30.2. The molecule has 0 aliphatic carbocycles. The molecule has 0 bridgehead atoms. The fourth-order valence-corrected chi connectivity index (χ4v) is 4.30. The third kappa shape index (κ3) is 5.55. The molecule has 1 unspecified atom stereocenters. The van der Waals surface area contributed by atoms with Crippen LogP contribution in [0.4, 0.5) is 4.39 Å². The van der Waals surface area contributed by atoms with E-state index in [9.17, 15) is 14.0 Å². The average molecular weight is 479 g/mol. The third-order valence-corrected chi connectivity index (χ3v) is 6.26. The van der Waals surface area contributed by atoms with Gasteiger partial charge in [0.2, 0.25) is 0 Å². The lowest BCUT2D eigenvalue weighted by Crippen LogP contribution is -2.39. The first kappa shape index (κ1) is 23.3. The number of aryl methyl sites for hydroxylation is 1. The van der Waals surface area contributed by atoms with Crippen LogP contribution in [0.2, 0.25) is 0 Å². The van der Waals surface area contributed by atoms with Crippen molar-refractivity contribution < 1.29 is 13.9 Å². The van der Waals surface area contributed by atoms with E-state index in [4.69, 9.17) is 4.74 Å². The molecule has 0 fully saturated rings. The molecule has 0 aliphatic heterocycles. The molecule has 0 radical (unpaired) electrons. The molecule has 2 heterocycles. The van der Waals surface area contributed by atoms with Crippen molar-refractivity contribution in [3.05, 3.63) is 88.6 Å². The minimum Gasteiger partial charge on any atom is -0.481 e. The minimum absolute atomic E-state index is 0.198. The average Bonchev–Trinajstić information content (AvgIpc) is 3.23. The van der Waals surface area contributed by atoms with Gasteiger partial charge in [0.05, 0.1) is 17.1 Å². The van der Waals surface area contributed by atoms with Gasteiger partial charge in [-0.2, -0.15) is 5.10 Å². The molecular weight excluding hydrogens is 455 g/mol. The molecule has 7 nitrogen and oxygen atoms in total. The number of carbonyl (C=O) groups excluding carboxylic acids is 1. The highest BCUT2D eigenvalue weighted by Crippen LogP contribution is 2.33. The zero-order valence-electron chi connectivity index (χ0n) is 18.7. The number of halogens is 1. The van der Waals surface area contributed by atoms with Crippen LogP contribution in [0.5, 0.6) is 5.75 Å². The van der Waals surface area contributed by atoms with E-state index >= 15 is 0 Å². The first-order chi connectivity index (χ1) is 16.4. The summed E-state index contributed by atoms with van der Waals surface area (Å²) in [5.41, 5.74) is 2.24. The van der Waals surface area contributed by atoms with Gasteiger partial charge in [-0.3, -0.25) is 9.59 Å². The van der Waals surface area contributed by atoms with Crippen LogP contribution in [0.1, 0.15) is 12.6 Å². The number of hydrogen-bond acceptors (Lipinski definition) is 6. The van der Waals surface area contributed by atoms with Crippen molar-refractivity contribution in [2.45, 2.75) is 26.5 Å². The van der Waals surface area contributed by atoms with Gasteiger partial charge in [0.15, 0.2) is 6.10 Å². The SMILES string of the molecule is Cc1nc(-c2ccccc2)sc1-c1ccc(=O)n(CCNC(=O)C(C)Oc2ccc(F)cc2)n1. The van der Waals surface area contributed by atoms with Crippen molar-refractivity contribution in [1.82, 2.24) is 20.1 Å². The van der Waals surface area contributed by atoms with Crippen LogP contribution in [0.3, 0.4) is 0 Å². The highest BCUT2D eigenvalue weighted by atomic mass is 32.1. The van der Waals surface area contributed by atoms with E-state index in [0.717, 1.165) is 21.1 Å². The van der Waals surface area contributed by atoms with Crippen LogP contribution in [0, 0.1) is 12.7 Å². The van der Waals surface area contributed by atoms with Crippen LogP contribution < -0.4 is 15.6 Å². The Hall–Kier alpha value is -3.85. The molecule has 34 heavy (non-hydrogen) atoms. The Labute approximate surface area is 199 Å². The molecule has 2 aromatic heterocycles. The van der Waals surface area contributed by atoms with E-state index in [0.29, 0.717) is 11.4 Å². The molecule has 2 aromatic carbocycles. The van der Waals surface area contributed by atoms with E-state index in [1.54, 1.807) is 13.0 Å². The van der Waals surface area contributed by atoms with Crippen LogP contribution >= 0.6 is 11.3 Å². The lowest BCUT2D eigenvalue weighted by atomic mass is 10.2. The number of nitrogens with zero attached hydrogens (tertiary/aromatic N) is 3. The third-order valence-electron chi connectivity index (χ3n) is 5.04. The lowest BCUT2D eigenvalue weighted by molar-refractivity contribution is -0.127. The molecule has 0 saturated heterocycles. The smallest absolute Gasteiger partial charge is 0.266 e. The van der Waals surface area contributed by atoms with Gasteiger partial charge in [-0.25, -0.2) is 14.1 Å².